The molecule has 3 heteroatoms. The SMILES string of the molecule is c1ccc(-c2ccc(N(c3ccc(-c4ccccc4)cc3)c3cc(-c4ccccc4)cc(N(c4ccccc4)c4ccc(-c5ccc6c7ccccc7n(-c7ccccc7)c6c5)cc4)c3)cc2)cc1. The molecule has 326 valence electrons. The molecule has 0 unspecified atom stereocenters. The Hall–Kier alpha value is -9.18. The second kappa shape index (κ2) is 18.2. The van der Waals surface area contributed by atoms with Gasteiger partial charge in [-0.1, -0.05) is 194 Å². The number of hydrogen-bond donors (Lipinski definition) is 0. The molecule has 0 radical (unpaired) electrons. The van der Waals surface area contributed by atoms with Gasteiger partial charge in [-0.2, -0.15) is 0 Å². The van der Waals surface area contributed by atoms with Gasteiger partial charge in [-0.3, -0.25) is 0 Å². The van der Waals surface area contributed by atoms with Gasteiger partial charge in [0, 0.05) is 50.6 Å². The highest BCUT2D eigenvalue weighted by molar-refractivity contribution is 6.10. The van der Waals surface area contributed by atoms with Crippen molar-refractivity contribution in [3.8, 4) is 50.2 Å². The van der Waals surface area contributed by atoms with E-state index in [1.54, 1.807) is 0 Å². The molecule has 0 aliphatic heterocycles. The van der Waals surface area contributed by atoms with Crippen LogP contribution < -0.4 is 9.80 Å². The molecular weight excluding hydrogens is 835 g/mol. The summed E-state index contributed by atoms with van der Waals surface area (Å²) in [6.07, 6.45) is 0. The number of anilines is 6. The molecule has 0 aliphatic carbocycles. The van der Waals surface area contributed by atoms with Crippen LogP contribution in [0.4, 0.5) is 34.1 Å². The van der Waals surface area contributed by atoms with Crippen LogP contribution in [0.3, 0.4) is 0 Å². The van der Waals surface area contributed by atoms with Gasteiger partial charge in [0.15, 0.2) is 0 Å². The molecule has 69 heavy (non-hydrogen) atoms. The molecule has 1 aromatic heterocycles. The molecule has 11 aromatic carbocycles. The van der Waals surface area contributed by atoms with E-state index in [0.717, 1.165) is 56.5 Å². The number of hydrogen-bond acceptors (Lipinski definition) is 2. The zero-order chi connectivity index (χ0) is 45.9. The van der Waals surface area contributed by atoms with Crippen LogP contribution in [0.2, 0.25) is 0 Å². The predicted octanol–water partition coefficient (Wildman–Crippen LogP) is 18.4. The number of nitrogens with zero attached hydrogens (tertiary/aromatic N) is 3. The molecule has 12 rings (SSSR count). The quantitative estimate of drug-likeness (QED) is 0.128. The van der Waals surface area contributed by atoms with E-state index in [-0.39, 0.29) is 0 Å². The number of para-hydroxylation sites is 3. The van der Waals surface area contributed by atoms with Gasteiger partial charge >= 0.3 is 0 Å². The molecule has 1 heterocycles. The Morgan fingerprint density at radius 2 is 0.551 bits per heavy atom. The van der Waals surface area contributed by atoms with E-state index < -0.39 is 0 Å². The lowest BCUT2D eigenvalue weighted by molar-refractivity contribution is 1.18. The Morgan fingerprint density at radius 1 is 0.203 bits per heavy atom. The summed E-state index contributed by atoms with van der Waals surface area (Å²) in [6, 6.07) is 103. The van der Waals surface area contributed by atoms with E-state index >= 15 is 0 Å². The van der Waals surface area contributed by atoms with E-state index in [9.17, 15) is 0 Å². The number of aromatic nitrogens is 1. The summed E-state index contributed by atoms with van der Waals surface area (Å²) in [5.41, 5.74) is 19.2. The molecule has 0 bridgehead atoms. The summed E-state index contributed by atoms with van der Waals surface area (Å²) < 4.78 is 2.38. The number of rotatable bonds is 11. The molecular formula is C66H47N3. The molecule has 0 saturated heterocycles. The van der Waals surface area contributed by atoms with Crippen molar-refractivity contribution in [2.45, 2.75) is 0 Å². The van der Waals surface area contributed by atoms with Crippen molar-refractivity contribution in [2.75, 3.05) is 9.80 Å². The third-order valence-electron chi connectivity index (χ3n) is 13.2. The van der Waals surface area contributed by atoms with Crippen molar-refractivity contribution in [2.24, 2.45) is 0 Å². The van der Waals surface area contributed by atoms with Gasteiger partial charge in [-0.15, -0.1) is 0 Å². The minimum absolute atomic E-state index is 1.05. The average Bonchev–Trinajstić information content (AvgIpc) is 3.76. The number of fused-ring (bicyclic) bond motifs is 3. The normalized spacial score (nSPS) is 11.2. The van der Waals surface area contributed by atoms with Gasteiger partial charge in [0.2, 0.25) is 0 Å². The first kappa shape index (κ1) is 41.3. The van der Waals surface area contributed by atoms with Gasteiger partial charge in [-0.25, -0.2) is 0 Å². The lowest BCUT2D eigenvalue weighted by Crippen LogP contribution is -2.13. The van der Waals surface area contributed by atoms with Gasteiger partial charge in [0.1, 0.15) is 0 Å². The minimum Gasteiger partial charge on any atom is -0.310 e. The van der Waals surface area contributed by atoms with Crippen LogP contribution in [0.15, 0.2) is 285 Å². The summed E-state index contributed by atoms with van der Waals surface area (Å²) in [4.78, 5) is 4.77. The Morgan fingerprint density at radius 3 is 1.04 bits per heavy atom. The maximum atomic E-state index is 2.39. The van der Waals surface area contributed by atoms with E-state index in [2.05, 4.69) is 299 Å². The molecule has 0 saturated carbocycles. The van der Waals surface area contributed by atoms with E-state index in [1.807, 2.05) is 0 Å². The fourth-order valence-electron chi connectivity index (χ4n) is 9.80. The topological polar surface area (TPSA) is 11.4 Å². The van der Waals surface area contributed by atoms with Gasteiger partial charge in [0.05, 0.1) is 11.0 Å². The third-order valence-corrected chi connectivity index (χ3v) is 13.2. The molecule has 12 aromatic rings. The fraction of sp³-hybridized carbons (Fsp3) is 0. The van der Waals surface area contributed by atoms with Crippen LogP contribution in [-0.4, -0.2) is 4.57 Å². The van der Waals surface area contributed by atoms with Crippen LogP contribution in [0.25, 0.3) is 72.0 Å². The maximum absolute atomic E-state index is 2.39. The standard InChI is InChI=1S/C66H47N3/c1-6-18-48(19-7-1)51-30-37-59(38-31-51)68(60-39-32-52(33-40-60)49-20-8-2-9-21-49)62-45-55(50-22-10-3-11-23-50)44-61(47-62)67(56-24-12-4-13-25-56)58-41-34-53(35-42-58)54-36-43-64-63-28-16-17-29-65(63)69(66(64)46-54)57-26-14-5-15-27-57/h1-47H. The summed E-state index contributed by atoms with van der Waals surface area (Å²) >= 11 is 0. The Kier molecular flexibility index (Phi) is 10.9. The van der Waals surface area contributed by atoms with Crippen molar-refractivity contribution >= 4 is 55.9 Å². The Bertz CT molecular complexity index is 3580. The van der Waals surface area contributed by atoms with E-state index in [1.165, 1.54) is 49.6 Å². The second-order valence-corrected chi connectivity index (χ2v) is 17.4. The molecule has 0 fully saturated rings. The first-order valence-electron chi connectivity index (χ1n) is 23.6. The summed E-state index contributed by atoms with van der Waals surface area (Å²) in [7, 11) is 0. The van der Waals surface area contributed by atoms with Crippen LogP contribution in [-0.2, 0) is 0 Å². The monoisotopic (exact) mass is 881 g/mol. The minimum atomic E-state index is 1.05. The van der Waals surface area contributed by atoms with Crippen LogP contribution >= 0.6 is 0 Å². The van der Waals surface area contributed by atoms with Crippen molar-refractivity contribution < 1.29 is 0 Å². The van der Waals surface area contributed by atoms with Crippen LogP contribution in [0.5, 0.6) is 0 Å². The average molecular weight is 882 g/mol. The Balaban J connectivity index is 0.995. The van der Waals surface area contributed by atoms with Gasteiger partial charge in [-0.05, 0) is 136 Å². The predicted molar refractivity (Wildman–Crippen MR) is 292 cm³/mol. The highest BCUT2D eigenvalue weighted by Crippen LogP contribution is 2.44. The van der Waals surface area contributed by atoms with Crippen LogP contribution in [0, 0.1) is 0 Å². The largest absolute Gasteiger partial charge is 0.310 e. The third kappa shape index (κ3) is 8.13. The highest BCUT2D eigenvalue weighted by atomic mass is 15.2. The summed E-state index contributed by atoms with van der Waals surface area (Å²) in [5, 5.41) is 2.49. The van der Waals surface area contributed by atoms with Crippen molar-refractivity contribution in [1.29, 1.82) is 0 Å². The highest BCUT2D eigenvalue weighted by Gasteiger charge is 2.21. The van der Waals surface area contributed by atoms with Crippen LogP contribution in [0.1, 0.15) is 0 Å². The zero-order valence-corrected chi connectivity index (χ0v) is 38.0. The molecule has 0 amide bonds. The molecule has 0 aliphatic rings. The lowest BCUT2D eigenvalue weighted by Gasteiger charge is -2.30. The zero-order valence-electron chi connectivity index (χ0n) is 38.0. The maximum Gasteiger partial charge on any atom is 0.0547 e. The van der Waals surface area contributed by atoms with Crippen molar-refractivity contribution in [3.63, 3.8) is 0 Å². The van der Waals surface area contributed by atoms with Crippen molar-refractivity contribution in [3.05, 3.63) is 285 Å². The smallest absolute Gasteiger partial charge is 0.0547 e. The van der Waals surface area contributed by atoms with Gasteiger partial charge in [0.25, 0.3) is 0 Å². The number of benzene rings is 11. The van der Waals surface area contributed by atoms with E-state index in [4.69, 9.17) is 0 Å². The van der Waals surface area contributed by atoms with E-state index in [0.29, 0.717) is 0 Å². The lowest BCUT2D eigenvalue weighted by atomic mass is 10.0. The second-order valence-electron chi connectivity index (χ2n) is 17.4. The summed E-state index contributed by atoms with van der Waals surface area (Å²) in [5.74, 6) is 0. The van der Waals surface area contributed by atoms with Gasteiger partial charge < -0.3 is 14.4 Å². The molecule has 0 N–H and O–H groups in total. The fourth-order valence-corrected chi connectivity index (χ4v) is 9.80. The van der Waals surface area contributed by atoms with Crippen molar-refractivity contribution in [1.82, 2.24) is 4.57 Å². The molecule has 3 nitrogen and oxygen atoms in total. The first-order chi connectivity index (χ1) is 34.2. The Labute approximate surface area is 403 Å². The first-order valence-corrected chi connectivity index (χ1v) is 23.6. The molecule has 0 atom stereocenters. The molecule has 0 spiro atoms. The summed E-state index contributed by atoms with van der Waals surface area (Å²) in [6.45, 7) is 0.